The van der Waals surface area contributed by atoms with Crippen LogP contribution in [0.25, 0.3) is 0 Å². The summed E-state index contributed by atoms with van der Waals surface area (Å²) in [6, 6.07) is 1.82. The first-order chi connectivity index (χ1) is 9.19. The number of hydrogen-bond acceptors (Lipinski definition) is 3. The minimum absolute atomic E-state index is 0.00833. The fraction of sp³-hybridized carbons (Fsp3) is 0.733. The van der Waals surface area contributed by atoms with Crippen LogP contribution in [0.5, 0.6) is 0 Å². The third-order valence-corrected chi connectivity index (χ3v) is 4.59. The Hall–Kier alpha value is -1.16. The van der Waals surface area contributed by atoms with Gasteiger partial charge in [0, 0.05) is 25.8 Å². The molecule has 3 rings (SSSR count). The lowest BCUT2D eigenvalue weighted by Crippen LogP contribution is -2.43. The van der Waals surface area contributed by atoms with Crippen molar-refractivity contribution in [2.24, 2.45) is 13.0 Å². The van der Waals surface area contributed by atoms with E-state index in [1.54, 1.807) is 4.68 Å². The Morgan fingerprint density at radius 2 is 2.21 bits per heavy atom. The molecule has 0 N–H and O–H groups in total. The Bertz CT molecular complexity index is 455. The van der Waals surface area contributed by atoms with Crippen molar-refractivity contribution in [2.45, 2.75) is 50.5 Å². The van der Waals surface area contributed by atoms with E-state index in [1.807, 2.05) is 19.3 Å². The number of ether oxygens (including phenoxy) is 1. The van der Waals surface area contributed by atoms with Crippen LogP contribution in [0.1, 0.15) is 55.4 Å². The summed E-state index contributed by atoms with van der Waals surface area (Å²) in [5, 5.41) is 4.25. The van der Waals surface area contributed by atoms with Gasteiger partial charge >= 0.3 is 0 Å². The number of aryl methyl sites for hydroxylation is 1. The highest BCUT2D eigenvalue weighted by atomic mass is 16.5. The number of ketones is 1. The summed E-state index contributed by atoms with van der Waals surface area (Å²) >= 11 is 0. The number of hydrogen-bond donors (Lipinski definition) is 0. The highest BCUT2D eigenvalue weighted by Crippen LogP contribution is 2.41. The van der Waals surface area contributed by atoms with Crippen LogP contribution < -0.4 is 0 Å². The molecule has 1 saturated heterocycles. The van der Waals surface area contributed by atoms with Crippen molar-refractivity contribution < 1.29 is 9.53 Å². The van der Waals surface area contributed by atoms with E-state index in [4.69, 9.17) is 4.74 Å². The molecule has 1 spiro atoms. The van der Waals surface area contributed by atoms with Crippen molar-refractivity contribution in [3.05, 3.63) is 18.0 Å². The molecular weight excluding hydrogens is 240 g/mol. The van der Waals surface area contributed by atoms with Gasteiger partial charge in [-0.1, -0.05) is 19.3 Å². The zero-order valence-electron chi connectivity index (χ0n) is 11.6. The first kappa shape index (κ1) is 12.9. The van der Waals surface area contributed by atoms with Crippen LogP contribution in [-0.4, -0.2) is 27.8 Å². The Labute approximate surface area is 114 Å². The lowest BCUT2D eigenvalue weighted by molar-refractivity contribution is -0.111. The molecule has 4 nitrogen and oxygen atoms in total. The first-order valence-corrected chi connectivity index (χ1v) is 7.36. The molecule has 4 heteroatoms. The third-order valence-electron chi connectivity index (χ3n) is 4.59. The van der Waals surface area contributed by atoms with Gasteiger partial charge in [0.25, 0.3) is 0 Å². The lowest BCUT2D eigenvalue weighted by Gasteiger charge is -2.43. The van der Waals surface area contributed by atoms with Crippen molar-refractivity contribution in [3.8, 4) is 0 Å². The highest BCUT2D eigenvalue weighted by Gasteiger charge is 2.41. The van der Waals surface area contributed by atoms with Crippen LogP contribution in [0.2, 0.25) is 0 Å². The van der Waals surface area contributed by atoms with E-state index in [9.17, 15) is 4.79 Å². The topological polar surface area (TPSA) is 44.1 Å². The number of rotatable bonds is 2. The molecule has 1 unspecified atom stereocenters. The van der Waals surface area contributed by atoms with Crippen LogP contribution in [0, 0.1) is 5.92 Å². The predicted molar refractivity (Wildman–Crippen MR) is 72.0 cm³/mol. The standard InChI is InChI=1S/C15H22N2O2/c1-17-9-5-13(16-17)14(18)12-6-10-19-15(11-12)7-3-2-4-8-15/h5,9,12H,2-4,6-8,10-11H2,1H3. The van der Waals surface area contributed by atoms with E-state index in [1.165, 1.54) is 19.3 Å². The Morgan fingerprint density at radius 3 is 2.89 bits per heavy atom. The van der Waals surface area contributed by atoms with Gasteiger partial charge in [0.05, 0.1) is 5.60 Å². The van der Waals surface area contributed by atoms with Crippen LogP contribution in [0.3, 0.4) is 0 Å². The molecule has 2 fully saturated rings. The van der Waals surface area contributed by atoms with Crippen LogP contribution in [0.15, 0.2) is 12.3 Å². The second-order valence-electron chi connectivity index (χ2n) is 6.02. The minimum atomic E-state index is -0.00833. The fourth-order valence-electron chi connectivity index (χ4n) is 3.55. The number of carbonyl (C=O) groups is 1. The predicted octanol–water partition coefficient (Wildman–Crippen LogP) is 2.73. The summed E-state index contributed by atoms with van der Waals surface area (Å²) < 4.78 is 7.75. The second kappa shape index (κ2) is 5.08. The summed E-state index contributed by atoms with van der Waals surface area (Å²) in [6.45, 7) is 0.725. The molecular formula is C15H22N2O2. The number of carbonyl (C=O) groups excluding carboxylic acids is 1. The number of nitrogens with zero attached hydrogens (tertiary/aromatic N) is 2. The van der Waals surface area contributed by atoms with Gasteiger partial charge in [-0.05, 0) is 31.7 Å². The molecule has 0 bridgehead atoms. The fourth-order valence-corrected chi connectivity index (χ4v) is 3.55. The summed E-state index contributed by atoms with van der Waals surface area (Å²) in [5.74, 6) is 0.301. The Balaban J connectivity index is 1.72. The van der Waals surface area contributed by atoms with Crippen molar-refractivity contribution in [1.29, 1.82) is 0 Å². The maximum Gasteiger partial charge on any atom is 0.186 e. The molecule has 104 valence electrons. The van der Waals surface area contributed by atoms with E-state index in [-0.39, 0.29) is 17.3 Å². The summed E-state index contributed by atoms with van der Waals surface area (Å²) in [5.41, 5.74) is 0.603. The van der Waals surface area contributed by atoms with Gasteiger partial charge in [-0.3, -0.25) is 9.48 Å². The first-order valence-electron chi connectivity index (χ1n) is 7.36. The molecule has 0 aromatic carbocycles. The van der Waals surface area contributed by atoms with E-state index < -0.39 is 0 Å². The van der Waals surface area contributed by atoms with Crippen LogP contribution >= 0.6 is 0 Å². The molecule has 1 aliphatic heterocycles. The van der Waals surface area contributed by atoms with Gasteiger partial charge in [0.1, 0.15) is 5.69 Å². The SMILES string of the molecule is Cn1ccc(C(=O)C2CCOC3(CCCCC3)C2)n1. The molecule has 2 heterocycles. The van der Waals surface area contributed by atoms with E-state index in [0.717, 1.165) is 32.3 Å². The van der Waals surface area contributed by atoms with Gasteiger partial charge in [0.2, 0.25) is 0 Å². The lowest BCUT2D eigenvalue weighted by atomic mass is 9.74. The second-order valence-corrected chi connectivity index (χ2v) is 6.02. The maximum absolute atomic E-state index is 12.5. The largest absolute Gasteiger partial charge is 0.375 e. The van der Waals surface area contributed by atoms with Crippen LogP contribution in [-0.2, 0) is 11.8 Å². The average molecular weight is 262 g/mol. The smallest absolute Gasteiger partial charge is 0.186 e. The Kier molecular flexibility index (Phi) is 3.44. The molecule has 0 radical (unpaired) electrons. The molecule has 1 saturated carbocycles. The van der Waals surface area contributed by atoms with Gasteiger partial charge < -0.3 is 4.74 Å². The summed E-state index contributed by atoms with van der Waals surface area (Å²) in [4.78, 5) is 12.5. The van der Waals surface area contributed by atoms with E-state index in [2.05, 4.69) is 5.10 Å². The number of Topliss-reactive ketones (excluding diaryl/α,β-unsaturated/α-hetero) is 1. The van der Waals surface area contributed by atoms with Gasteiger partial charge in [0.15, 0.2) is 5.78 Å². The van der Waals surface area contributed by atoms with Crippen molar-refractivity contribution in [1.82, 2.24) is 9.78 Å². The molecule has 2 aliphatic rings. The maximum atomic E-state index is 12.5. The molecule has 1 aromatic rings. The molecule has 0 amide bonds. The summed E-state index contributed by atoms with van der Waals surface area (Å²) in [6.07, 6.45) is 9.61. The van der Waals surface area contributed by atoms with Crippen molar-refractivity contribution >= 4 is 5.78 Å². The molecule has 19 heavy (non-hydrogen) atoms. The van der Waals surface area contributed by atoms with E-state index in [0.29, 0.717) is 5.69 Å². The minimum Gasteiger partial charge on any atom is -0.375 e. The van der Waals surface area contributed by atoms with Crippen LogP contribution in [0.4, 0.5) is 0 Å². The quantitative estimate of drug-likeness (QED) is 0.770. The summed E-state index contributed by atoms with van der Waals surface area (Å²) in [7, 11) is 1.85. The normalized spacial score (nSPS) is 26.5. The molecule has 1 aromatic heterocycles. The zero-order chi connectivity index (χ0) is 13.3. The van der Waals surface area contributed by atoms with Gasteiger partial charge in [-0.2, -0.15) is 5.10 Å². The monoisotopic (exact) mass is 262 g/mol. The zero-order valence-corrected chi connectivity index (χ0v) is 11.6. The van der Waals surface area contributed by atoms with Gasteiger partial charge in [-0.15, -0.1) is 0 Å². The number of aromatic nitrogens is 2. The highest BCUT2D eigenvalue weighted by molar-refractivity contribution is 5.96. The third kappa shape index (κ3) is 2.59. The van der Waals surface area contributed by atoms with E-state index >= 15 is 0 Å². The molecule has 1 aliphatic carbocycles. The molecule has 1 atom stereocenters. The van der Waals surface area contributed by atoms with Crippen molar-refractivity contribution in [2.75, 3.05) is 6.61 Å². The van der Waals surface area contributed by atoms with Gasteiger partial charge in [-0.25, -0.2) is 0 Å². The Morgan fingerprint density at radius 1 is 1.42 bits per heavy atom. The average Bonchev–Trinajstić information content (AvgIpc) is 2.85. The van der Waals surface area contributed by atoms with Crippen molar-refractivity contribution in [3.63, 3.8) is 0 Å².